The number of amides is 1. The Balaban J connectivity index is 1.78. The molecule has 27 heavy (non-hydrogen) atoms. The Labute approximate surface area is 167 Å². The maximum Gasteiger partial charge on any atom is 0.327 e. The normalized spacial score (nSPS) is 17.0. The minimum absolute atomic E-state index is 0.204. The lowest BCUT2D eigenvalue weighted by atomic mass is 10.0. The monoisotopic (exact) mass is 395 g/mol. The summed E-state index contributed by atoms with van der Waals surface area (Å²) in [5.74, 6) is -1.44. The number of allylic oxidation sites excluding steroid dienone is 2. The van der Waals surface area contributed by atoms with Gasteiger partial charge >= 0.3 is 5.97 Å². The number of carboxylic acid groups (broad SMARTS) is 1. The maximum absolute atomic E-state index is 12.7. The van der Waals surface area contributed by atoms with Crippen LogP contribution in [-0.2, 0) is 16.0 Å². The van der Waals surface area contributed by atoms with E-state index in [1.807, 2.05) is 66.7 Å². The summed E-state index contributed by atoms with van der Waals surface area (Å²) < 4.78 is 0.266. The highest BCUT2D eigenvalue weighted by Crippen LogP contribution is 2.33. The summed E-state index contributed by atoms with van der Waals surface area (Å²) in [6, 6.07) is 17.9. The van der Waals surface area contributed by atoms with Crippen LogP contribution in [-0.4, -0.2) is 32.2 Å². The van der Waals surface area contributed by atoms with Crippen molar-refractivity contribution in [2.24, 2.45) is 0 Å². The molecule has 3 rings (SSSR count). The van der Waals surface area contributed by atoms with Crippen molar-refractivity contribution >= 4 is 46.3 Å². The van der Waals surface area contributed by atoms with Gasteiger partial charge in [-0.1, -0.05) is 96.8 Å². The van der Waals surface area contributed by atoms with Crippen molar-refractivity contribution in [3.8, 4) is 0 Å². The number of hydrogen-bond donors (Lipinski definition) is 1. The largest absolute Gasteiger partial charge is 0.480 e. The minimum atomic E-state index is -1.07. The van der Waals surface area contributed by atoms with Gasteiger partial charge in [-0.2, -0.15) is 0 Å². The summed E-state index contributed by atoms with van der Waals surface area (Å²) in [6.45, 7) is 0. The number of benzene rings is 2. The number of carboxylic acids is 1. The molecule has 6 heteroatoms. The van der Waals surface area contributed by atoms with Crippen molar-refractivity contribution in [1.82, 2.24) is 4.90 Å². The molecule has 1 aliphatic heterocycles. The van der Waals surface area contributed by atoms with Gasteiger partial charge in [-0.3, -0.25) is 9.69 Å². The maximum atomic E-state index is 12.7. The predicted octanol–water partition coefficient (Wildman–Crippen LogP) is 4.14. The number of rotatable bonds is 6. The molecule has 4 nitrogen and oxygen atoms in total. The zero-order chi connectivity index (χ0) is 19.2. The fraction of sp³-hybridized carbons (Fsp3) is 0.0952. The van der Waals surface area contributed by atoms with Crippen LogP contribution in [0.25, 0.3) is 6.08 Å². The Morgan fingerprint density at radius 2 is 1.74 bits per heavy atom. The van der Waals surface area contributed by atoms with E-state index in [9.17, 15) is 14.7 Å². The van der Waals surface area contributed by atoms with Crippen LogP contribution in [0.5, 0.6) is 0 Å². The fourth-order valence-corrected chi connectivity index (χ4v) is 4.01. The second kappa shape index (κ2) is 8.79. The van der Waals surface area contributed by atoms with E-state index >= 15 is 0 Å². The van der Waals surface area contributed by atoms with Gasteiger partial charge in [0.05, 0.1) is 4.91 Å². The topological polar surface area (TPSA) is 57.6 Å². The molecule has 0 bridgehead atoms. The van der Waals surface area contributed by atoms with Crippen LogP contribution in [0.4, 0.5) is 0 Å². The summed E-state index contributed by atoms with van der Waals surface area (Å²) in [7, 11) is 0. The molecule has 0 unspecified atom stereocenters. The zero-order valence-electron chi connectivity index (χ0n) is 14.3. The van der Waals surface area contributed by atoms with Crippen molar-refractivity contribution in [1.29, 1.82) is 0 Å². The summed E-state index contributed by atoms with van der Waals surface area (Å²) in [5, 5.41) is 9.65. The molecule has 0 aromatic heterocycles. The van der Waals surface area contributed by atoms with Crippen LogP contribution in [0.2, 0.25) is 0 Å². The van der Waals surface area contributed by atoms with Crippen LogP contribution in [0.15, 0.2) is 77.7 Å². The van der Waals surface area contributed by atoms with Crippen molar-refractivity contribution in [3.05, 3.63) is 88.8 Å². The number of thiocarbonyl (C=S) groups is 1. The van der Waals surface area contributed by atoms with Gasteiger partial charge in [0.2, 0.25) is 0 Å². The molecule has 2 aromatic rings. The van der Waals surface area contributed by atoms with Crippen LogP contribution >= 0.6 is 24.0 Å². The first-order valence-corrected chi connectivity index (χ1v) is 9.54. The van der Waals surface area contributed by atoms with E-state index < -0.39 is 12.0 Å². The molecule has 1 atom stereocenters. The Kier molecular flexibility index (Phi) is 6.21. The lowest BCUT2D eigenvalue weighted by Gasteiger charge is -2.23. The SMILES string of the molecule is O=C(O)[C@@H](Cc1ccccc1)N1C(=O)/C(=C/C=C/c2ccccc2)SC1=S. The van der Waals surface area contributed by atoms with Crippen molar-refractivity contribution in [3.63, 3.8) is 0 Å². The van der Waals surface area contributed by atoms with E-state index in [1.165, 1.54) is 4.90 Å². The number of hydrogen-bond acceptors (Lipinski definition) is 4. The van der Waals surface area contributed by atoms with Crippen LogP contribution in [0, 0.1) is 0 Å². The van der Waals surface area contributed by atoms with Crippen LogP contribution in [0.3, 0.4) is 0 Å². The molecule has 1 amide bonds. The average Bonchev–Trinajstić information content (AvgIpc) is 2.95. The quantitative estimate of drug-likeness (QED) is 0.588. The molecule has 1 aliphatic rings. The molecule has 0 spiro atoms. The highest BCUT2D eigenvalue weighted by molar-refractivity contribution is 8.26. The number of carbonyl (C=O) groups is 2. The molecule has 0 aliphatic carbocycles. The molecule has 0 radical (unpaired) electrons. The lowest BCUT2D eigenvalue weighted by molar-refractivity contribution is -0.145. The lowest BCUT2D eigenvalue weighted by Crippen LogP contribution is -2.45. The van der Waals surface area contributed by atoms with Crippen molar-refractivity contribution in [2.75, 3.05) is 0 Å². The molecule has 1 N–H and O–H groups in total. The standard InChI is InChI=1S/C21H17NO3S2/c23-19-18(13-7-12-15-8-3-1-4-9-15)27-21(26)22(19)17(20(24)25)14-16-10-5-2-6-11-16/h1-13,17H,14H2,(H,24,25)/b12-7+,18-13-/t17-/m1/s1. The molecule has 1 saturated heterocycles. The third-order valence-electron chi connectivity index (χ3n) is 4.03. The third kappa shape index (κ3) is 4.72. The molecule has 1 heterocycles. The molecular formula is C21H17NO3S2. The van der Waals surface area contributed by atoms with Gasteiger partial charge in [-0.05, 0) is 17.2 Å². The van der Waals surface area contributed by atoms with Crippen molar-refractivity contribution < 1.29 is 14.7 Å². The smallest absolute Gasteiger partial charge is 0.327 e. The average molecular weight is 396 g/mol. The van der Waals surface area contributed by atoms with Gasteiger partial charge in [-0.15, -0.1) is 0 Å². The Bertz CT molecular complexity index is 908. The molecular weight excluding hydrogens is 378 g/mol. The van der Waals surface area contributed by atoms with E-state index in [1.54, 1.807) is 12.2 Å². The summed E-state index contributed by atoms with van der Waals surface area (Å²) in [5.41, 5.74) is 1.85. The zero-order valence-corrected chi connectivity index (χ0v) is 16.0. The fourth-order valence-electron chi connectivity index (χ4n) is 2.70. The van der Waals surface area contributed by atoms with Gasteiger partial charge in [0.15, 0.2) is 0 Å². The second-order valence-corrected chi connectivity index (χ2v) is 7.56. The number of thioether (sulfide) groups is 1. The van der Waals surface area contributed by atoms with E-state index in [0.29, 0.717) is 4.91 Å². The highest BCUT2D eigenvalue weighted by atomic mass is 32.2. The van der Waals surface area contributed by atoms with E-state index in [4.69, 9.17) is 12.2 Å². The molecule has 0 saturated carbocycles. The molecule has 1 fully saturated rings. The first kappa shape index (κ1) is 19.1. The predicted molar refractivity (Wildman–Crippen MR) is 112 cm³/mol. The second-order valence-electron chi connectivity index (χ2n) is 5.89. The van der Waals surface area contributed by atoms with E-state index in [-0.39, 0.29) is 16.6 Å². The summed E-state index contributed by atoms with van der Waals surface area (Å²) in [4.78, 5) is 26.2. The van der Waals surface area contributed by atoms with Crippen LogP contribution < -0.4 is 0 Å². The molecule has 136 valence electrons. The number of aliphatic carboxylic acids is 1. The third-order valence-corrected chi connectivity index (χ3v) is 5.38. The first-order valence-electron chi connectivity index (χ1n) is 8.32. The summed E-state index contributed by atoms with van der Waals surface area (Å²) in [6.07, 6.45) is 5.53. The highest BCUT2D eigenvalue weighted by Gasteiger charge is 2.40. The van der Waals surface area contributed by atoms with Gasteiger partial charge in [0, 0.05) is 6.42 Å². The molecule has 2 aromatic carbocycles. The van der Waals surface area contributed by atoms with Crippen molar-refractivity contribution in [2.45, 2.75) is 12.5 Å². The van der Waals surface area contributed by atoms with Gasteiger partial charge in [0.25, 0.3) is 5.91 Å². The Morgan fingerprint density at radius 1 is 1.11 bits per heavy atom. The minimum Gasteiger partial charge on any atom is -0.480 e. The first-order chi connectivity index (χ1) is 13.1. The Morgan fingerprint density at radius 3 is 2.37 bits per heavy atom. The van der Waals surface area contributed by atoms with Gasteiger partial charge in [0.1, 0.15) is 10.4 Å². The summed E-state index contributed by atoms with van der Waals surface area (Å²) >= 11 is 6.42. The number of nitrogens with zero attached hydrogens (tertiary/aromatic N) is 1. The van der Waals surface area contributed by atoms with Gasteiger partial charge < -0.3 is 5.11 Å². The van der Waals surface area contributed by atoms with E-state index in [2.05, 4.69) is 0 Å². The van der Waals surface area contributed by atoms with E-state index in [0.717, 1.165) is 22.9 Å². The van der Waals surface area contributed by atoms with Crippen LogP contribution in [0.1, 0.15) is 11.1 Å². The number of carbonyl (C=O) groups excluding carboxylic acids is 1. The Hall–Kier alpha value is -2.70. The van der Waals surface area contributed by atoms with Gasteiger partial charge in [-0.25, -0.2) is 4.79 Å².